The van der Waals surface area contributed by atoms with Crippen LogP contribution in [0.5, 0.6) is 0 Å². The topological polar surface area (TPSA) is 31.4 Å². The molecule has 3 aliphatic heterocycles. The Kier molecular flexibility index (Phi) is 4.17. The molecule has 4 nitrogen and oxygen atoms in total. The Bertz CT molecular complexity index is 411. The highest BCUT2D eigenvalue weighted by Crippen LogP contribution is 2.32. The minimum atomic E-state index is 0.433. The summed E-state index contributed by atoms with van der Waals surface area (Å²) in [4.78, 5) is 11.3. The fourth-order valence-corrected chi connectivity index (χ4v) is 4.04. The Morgan fingerprint density at radius 3 is 2.84 bits per heavy atom. The molecule has 4 rings (SSSR count). The molecule has 0 aliphatic carbocycles. The Labute approximate surface area is 119 Å². The number of nitrogens with one attached hydrogen (secondary N) is 1. The third-order valence-electron chi connectivity index (χ3n) is 4.23. The van der Waals surface area contributed by atoms with Gasteiger partial charge in [0.25, 0.3) is 0 Å². The molecule has 0 saturated carbocycles. The largest absolute Gasteiger partial charge is 0.309 e. The number of rotatable bonds is 5. The molecule has 0 aromatic carbocycles. The predicted octanol–water partition coefficient (Wildman–Crippen LogP) is 1.88. The van der Waals surface area contributed by atoms with Crippen molar-refractivity contribution in [1.82, 2.24) is 20.1 Å². The molecule has 0 amide bonds. The lowest BCUT2D eigenvalue weighted by Crippen LogP contribution is -2.56. The van der Waals surface area contributed by atoms with Crippen LogP contribution in [0.1, 0.15) is 42.2 Å². The first kappa shape index (κ1) is 13.5. The van der Waals surface area contributed by atoms with Gasteiger partial charge in [0.2, 0.25) is 0 Å². The third kappa shape index (κ3) is 2.84. The zero-order chi connectivity index (χ0) is 13.2. The molecule has 1 N–H and O–H groups in total. The van der Waals surface area contributed by atoms with Crippen molar-refractivity contribution in [3.8, 4) is 0 Å². The lowest BCUT2D eigenvalue weighted by molar-refractivity contribution is 0.0122. The molecule has 106 valence electrons. The van der Waals surface area contributed by atoms with Gasteiger partial charge in [0.15, 0.2) is 0 Å². The van der Waals surface area contributed by atoms with Gasteiger partial charge in [-0.1, -0.05) is 6.92 Å². The van der Waals surface area contributed by atoms with Crippen LogP contribution in [0.2, 0.25) is 0 Å². The van der Waals surface area contributed by atoms with Crippen LogP contribution in [0.3, 0.4) is 0 Å². The summed E-state index contributed by atoms with van der Waals surface area (Å²) in [6, 6.07) is 0.974. The number of piperazine rings is 3. The molecule has 2 unspecified atom stereocenters. The Morgan fingerprint density at radius 2 is 2.21 bits per heavy atom. The second-order valence-electron chi connectivity index (χ2n) is 5.63. The maximum atomic E-state index is 4.70. The van der Waals surface area contributed by atoms with Gasteiger partial charge in [0.1, 0.15) is 5.01 Å². The molecule has 2 atom stereocenters. The van der Waals surface area contributed by atoms with Crippen LogP contribution in [-0.4, -0.2) is 54.1 Å². The summed E-state index contributed by atoms with van der Waals surface area (Å²) in [5.74, 6) is 0. The van der Waals surface area contributed by atoms with E-state index in [2.05, 4.69) is 35.2 Å². The van der Waals surface area contributed by atoms with Gasteiger partial charge in [-0.25, -0.2) is 4.98 Å². The summed E-state index contributed by atoms with van der Waals surface area (Å²) in [5.41, 5.74) is 0. The zero-order valence-corrected chi connectivity index (χ0v) is 12.7. The second-order valence-corrected chi connectivity index (χ2v) is 6.72. The number of hydrogen-bond acceptors (Lipinski definition) is 5. The van der Waals surface area contributed by atoms with E-state index in [1.54, 1.807) is 0 Å². The van der Waals surface area contributed by atoms with Gasteiger partial charge in [-0.15, -0.1) is 11.3 Å². The van der Waals surface area contributed by atoms with Crippen LogP contribution in [0.25, 0.3) is 0 Å². The molecule has 1 aromatic rings. The number of aromatic nitrogens is 1. The van der Waals surface area contributed by atoms with E-state index in [0.29, 0.717) is 12.1 Å². The molecule has 2 bridgehead atoms. The summed E-state index contributed by atoms with van der Waals surface area (Å²) in [6.07, 6.45) is 3.26. The minimum absolute atomic E-state index is 0.433. The van der Waals surface area contributed by atoms with Crippen LogP contribution in [0.4, 0.5) is 0 Å². The van der Waals surface area contributed by atoms with Crippen LogP contribution < -0.4 is 5.32 Å². The highest BCUT2D eigenvalue weighted by atomic mass is 32.1. The zero-order valence-electron chi connectivity index (χ0n) is 11.9. The van der Waals surface area contributed by atoms with E-state index >= 15 is 0 Å². The highest BCUT2D eigenvalue weighted by Gasteiger charge is 2.34. The van der Waals surface area contributed by atoms with Crippen molar-refractivity contribution < 1.29 is 0 Å². The molecule has 1 aromatic heterocycles. The number of fused-ring (bicyclic) bond motifs is 3. The summed E-state index contributed by atoms with van der Waals surface area (Å²) in [6.45, 7) is 11.6. The second kappa shape index (κ2) is 5.87. The number of thiazole rings is 1. The lowest BCUT2D eigenvalue weighted by atomic mass is 10.1. The molecule has 0 spiro atoms. The molecule has 0 radical (unpaired) electrons. The molecular weight excluding hydrogens is 256 g/mol. The quantitative estimate of drug-likeness (QED) is 0.892. The smallest absolute Gasteiger partial charge is 0.111 e. The fraction of sp³-hybridized carbons (Fsp3) is 0.786. The van der Waals surface area contributed by atoms with Crippen molar-refractivity contribution >= 4 is 11.3 Å². The average Bonchev–Trinajstić information content (AvgIpc) is 2.95. The monoisotopic (exact) mass is 280 g/mol. The normalized spacial score (nSPS) is 31.6. The summed E-state index contributed by atoms with van der Waals surface area (Å²) < 4.78 is 0. The van der Waals surface area contributed by atoms with E-state index in [-0.39, 0.29) is 0 Å². The van der Waals surface area contributed by atoms with Crippen LogP contribution >= 0.6 is 11.3 Å². The Morgan fingerprint density at radius 1 is 1.42 bits per heavy atom. The van der Waals surface area contributed by atoms with E-state index < -0.39 is 0 Å². The van der Waals surface area contributed by atoms with Gasteiger partial charge in [-0.2, -0.15) is 0 Å². The maximum Gasteiger partial charge on any atom is 0.111 e. The predicted molar refractivity (Wildman–Crippen MR) is 79.6 cm³/mol. The summed E-state index contributed by atoms with van der Waals surface area (Å²) in [7, 11) is 0. The van der Waals surface area contributed by atoms with E-state index in [0.717, 1.165) is 6.54 Å². The molecular formula is C14H24N4S. The third-order valence-corrected chi connectivity index (χ3v) is 5.51. The first-order valence-corrected chi connectivity index (χ1v) is 8.25. The van der Waals surface area contributed by atoms with E-state index in [4.69, 9.17) is 4.98 Å². The van der Waals surface area contributed by atoms with E-state index in [1.165, 1.54) is 49.0 Å². The van der Waals surface area contributed by atoms with Gasteiger partial charge in [0, 0.05) is 49.8 Å². The molecule has 3 saturated heterocycles. The number of nitrogens with zero attached hydrogens (tertiary/aromatic N) is 3. The molecule has 5 heteroatoms. The van der Waals surface area contributed by atoms with Gasteiger partial charge in [-0.3, -0.25) is 9.80 Å². The van der Waals surface area contributed by atoms with Crippen molar-refractivity contribution in [3.05, 3.63) is 16.1 Å². The standard InChI is InChI=1S/C14H24N4S/c1-3-4-15-11(2)13-9-16-14(19-13)12-10-17-5-7-18(12)8-6-17/h9,11-12,15H,3-8,10H2,1-2H3. The summed E-state index contributed by atoms with van der Waals surface area (Å²) >= 11 is 1.90. The molecule has 19 heavy (non-hydrogen) atoms. The van der Waals surface area contributed by atoms with Crippen LogP contribution in [0, 0.1) is 0 Å². The van der Waals surface area contributed by atoms with Crippen molar-refractivity contribution in [3.63, 3.8) is 0 Å². The first-order chi connectivity index (χ1) is 9.28. The Balaban J connectivity index is 1.67. The maximum absolute atomic E-state index is 4.70. The fourth-order valence-electron chi connectivity index (χ4n) is 2.97. The molecule has 3 fully saturated rings. The van der Waals surface area contributed by atoms with Crippen molar-refractivity contribution in [2.45, 2.75) is 32.4 Å². The average molecular weight is 280 g/mol. The van der Waals surface area contributed by atoms with Crippen molar-refractivity contribution in [2.75, 3.05) is 39.3 Å². The first-order valence-electron chi connectivity index (χ1n) is 7.43. The van der Waals surface area contributed by atoms with Crippen molar-refractivity contribution in [2.24, 2.45) is 0 Å². The lowest BCUT2D eigenvalue weighted by Gasteiger charge is -2.46. The van der Waals surface area contributed by atoms with Crippen LogP contribution in [0.15, 0.2) is 6.20 Å². The molecule has 3 aliphatic rings. The number of hydrogen-bond donors (Lipinski definition) is 1. The SMILES string of the molecule is CCCNC(C)c1cnc(C2CN3CCN2CC3)s1. The highest BCUT2D eigenvalue weighted by molar-refractivity contribution is 7.11. The Hall–Kier alpha value is -0.490. The minimum Gasteiger partial charge on any atom is -0.309 e. The van der Waals surface area contributed by atoms with Gasteiger partial charge in [-0.05, 0) is 19.9 Å². The summed E-state index contributed by atoms with van der Waals surface area (Å²) in [5, 5.41) is 4.85. The van der Waals surface area contributed by atoms with Crippen molar-refractivity contribution in [1.29, 1.82) is 0 Å². The van der Waals surface area contributed by atoms with Gasteiger partial charge >= 0.3 is 0 Å². The van der Waals surface area contributed by atoms with Gasteiger partial charge < -0.3 is 5.32 Å². The molecule has 4 heterocycles. The van der Waals surface area contributed by atoms with Gasteiger partial charge in [0.05, 0.1) is 6.04 Å². The van der Waals surface area contributed by atoms with E-state index in [9.17, 15) is 0 Å². The van der Waals surface area contributed by atoms with E-state index in [1.807, 2.05) is 11.3 Å². The van der Waals surface area contributed by atoms with Crippen LogP contribution in [-0.2, 0) is 0 Å².